The van der Waals surface area contributed by atoms with Crippen molar-refractivity contribution in [2.45, 2.75) is 18.6 Å². The predicted octanol–water partition coefficient (Wildman–Crippen LogP) is 4.45. The summed E-state index contributed by atoms with van der Waals surface area (Å²) < 4.78 is 6.89. The SMILES string of the molecule is Cc1ccccc1C1OC2(C(=O)c3ccccc3C2=O)C2C(=O)N(c3ccccc3Br)C(=O)C12. The highest BCUT2D eigenvalue weighted by Gasteiger charge is 2.74. The van der Waals surface area contributed by atoms with E-state index in [0.717, 1.165) is 10.5 Å². The van der Waals surface area contributed by atoms with Crippen molar-refractivity contribution in [1.29, 1.82) is 0 Å². The van der Waals surface area contributed by atoms with Crippen LogP contribution in [-0.2, 0) is 14.3 Å². The van der Waals surface area contributed by atoms with Crippen LogP contribution >= 0.6 is 15.9 Å². The highest BCUT2D eigenvalue weighted by molar-refractivity contribution is 9.10. The van der Waals surface area contributed by atoms with E-state index in [1.807, 2.05) is 31.2 Å². The van der Waals surface area contributed by atoms with Gasteiger partial charge in [-0.25, -0.2) is 4.90 Å². The first-order chi connectivity index (χ1) is 16.4. The van der Waals surface area contributed by atoms with Gasteiger partial charge >= 0.3 is 0 Å². The Bertz CT molecular complexity index is 1390. The van der Waals surface area contributed by atoms with Crippen LogP contribution in [0, 0.1) is 18.8 Å². The molecule has 3 aliphatic rings. The summed E-state index contributed by atoms with van der Waals surface area (Å²) in [5, 5.41) is 0. The van der Waals surface area contributed by atoms with Gasteiger partial charge in [0.25, 0.3) is 0 Å². The van der Waals surface area contributed by atoms with Crippen molar-refractivity contribution in [2.24, 2.45) is 11.8 Å². The Kier molecular flexibility index (Phi) is 4.53. The zero-order valence-corrected chi connectivity index (χ0v) is 19.6. The van der Waals surface area contributed by atoms with Gasteiger partial charge < -0.3 is 4.74 Å². The van der Waals surface area contributed by atoms with Gasteiger partial charge in [-0.05, 0) is 46.1 Å². The lowest BCUT2D eigenvalue weighted by Gasteiger charge is -2.28. The second kappa shape index (κ2) is 7.29. The molecular weight excluding hydrogens is 498 g/mol. The average Bonchev–Trinajstić information content (AvgIpc) is 3.40. The highest BCUT2D eigenvalue weighted by atomic mass is 79.9. The lowest BCUT2D eigenvalue weighted by Crippen LogP contribution is -2.51. The van der Waals surface area contributed by atoms with Crippen molar-refractivity contribution in [3.8, 4) is 0 Å². The maximum Gasteiger partial charge on any atom is 0.241 e. The minimum atomic E-state index is -2.07. The number of hydrogen-bond acceptors (Lipinski definition) is 5. The number of benzene rings is 3. The summed E-state index contributed by atoms with van der Waals surface area (Å²) >= 11 is 3.42. The number of hydrogen-bond donors (Lipinski definition) is 0. The van der Waals surface area contributed by atoms with E-state index >= 15 is 0 Å². The number of amides is 2. The van der Waals surface area contributed by atoms with Crippen LogP contribution in [0.2, 0.25) is 0 Å². The average molecular weight is 516 g/mol. The van der Waals surface area contributed by atoms with E-state index in [2.05, 4.69) is 15.9 Å². The Hall–Kier alpha value is -3.42. The molecule has 1 aliphatic carbocycles. The number of halogens is 1. The van der Waals surface area contributed by atoms with Crippen LogP contribution in [0.5, 0.6) is 0 Å². The maximum atomic E-state index is 13.9. The standard InChI is InChI=1S/C27H18BrNO5/c1-14-8-2-3-9-15(14)22-20-21(26(33)29(25(20)32)19-13-7-6-12-18(19)28)27(34-22)23(30)16-10-4-5-11-17(16)24(27)31/h2-13,20-22H,1H3. The van der Waals surface area contributed by atoms with Gasteiger partial charge in [-0.2, -0.15) is 0 Å². The van der Waals surface area contributed by atoms with Gasteiger partial charge in [0.05, 0.1) is 23.6 Å². The summed E-state index contributed by atoms with van der Waals surface area (Å²) in [4.78, 5) is 56.4. The summed E-state index contributed by atoms with van der Waals surface area (Å²) in [5.41, 5.74) is 0.275. The number of fused-ring (bicyclic) bond motifs is 3. The smallest absolute Gasteiger partial charge is 0.241 e. The van der Waals surface area contributed by atoms with Crippen molar-refractivity contribution in [1.82, 2.24) is 0 Å². The van der Waals surface area contributed by atoms with Gasteiger partial charge in [0.2, 0.25) is 29.0 Å². The van der Waals surface area contributed by atoms with Gasteiger partial charge in [0.15, 0.2) is 0 Å². The molecule has 0 N–H and O–H groups in total. The summed E-state index contributed by atoms with van der Waals surface area (Å²) in [6.45, 7) is 1.87. The van der Waals surface area contributed by atoms with E-state index in [4.69, 9.17) is 4.74 Å². The van der Waals surface area contributed by atoms with E-state index in [9.17, 15) is 19.2 Å². The summed E-state index contributed by atoms with van der Waals surface area (Å²) in [6.07, 6.45) is -0.919. The number of aryl methyl sites for hydroxylation is 1. The number of ether oxygens (including phenoxy) is 1. The molecule has 7 heteroatoms. The van der Waals surface area contributed by atoms with Crippen molar-refractivity contribution < 1.29 is 23.9 Å². The lowest BCUT2D eigenvalue weighted by atomic mass is 9.77. The number of para-hydroxylation sites is 1. The molecule has 0 aromatic heterocycles. The molecule has 1 spiro atoms. The topological polar surface area (TPSA) is 80.8 Å². The molecule has 0 saturated carbocycles. The zero-order chi connectivity index (χ0) is 23.8. The molecule has 3 unspecified atom stereocenters. The van der Waals surface area contributed by atoms with Crippen molar-refractivity contribution in [2.75, 3.05) is 4.90 Å². The third kappa shape index (κ3) is 2.54. The minimum absolute atomic E-state index is 0.219. The molecule has 34 heavy (non-hydrogen) atoms. The maximum absolute atomic E-state index is 13.9. The van der Waals surface area contributed by atoms with E-state index in [0.29, 0.717) is 15.7 Å². The number of imide groups is 1. The minimum Gasteiger partial charge on any atom is -0.349 e. The highest BCUT2D eigenvalue weighted by Crippen LogP contribution is 2.58. The van der Waals surface area contributed by atoms with Gasteiger partial charge in [-0.3, -0.25) is 19.2 Å². The number of anilines is 1. The summed E-state index contributed by atoms with van der Waals surface area (Å²) in [6, 6.07) is 20.7. The number of rotatable bonds is 2. The summed E-state index contributed by atoms with van der Waals surface area (Å²) in [7, 11) is 0. The molecular formula is C27H18BrNO5. The number of carbonyl (C=O) groups is 4. The first kappa shape index (κ1) is 21.1. The van der Waals surface area contributed by atoms with Crippen LogP contribution in [0.3, 0.4) is 0 Å². The molecule has 3 atom stereocenters. The zero-order valence-electron chi connectivity index (χ0n) is 18.0. The van der Waals surface area contributed by atoms with Gasteiger partial charge in [-0.1, -0.05) is 60.7 Å². The first-order valence-electron chi connectivity index (χ1n) is 10.9. The fourth-order valence-corrected chi connectivity index (χ4v) is 6.04. The molecule has 0 bridgehead atoms. The van der Waals surface area contributed by atoms with Crippen LogP contribution in [0.25, 0.3) is 0 Å². The van der Waals surface area contributed by atoms with Gasteiger partial charge in [0, 0.05) is 15.6 Å². The largest absolute Gasteiger partial charge is 0.349 e. The molecule has 3 aromatic rings. The Balaban J connectivity index is 1.58. The second-order valence-corrected chi connectivity index (χ2v) is 9.66. The quantitative estimate of drug-likeness (QED) is 0.372. The third-order valence-corrected chi connectivity index (χ3v) is 7.78. The molecule has 3 aromatic carbocycles. The van der Waals surface area contributed by atoms with Crippen LogP contribution in [0.15, 0.2) is 77.3 Å². The Morgan fingerprint density at radius 3 is 2.03 bits per heavy atom. The van der Waals surface area contributed by atoms with Crippen molar-refractivity contribution >= 4 is 45.0 Å². The lowest BCUT2D eigenvalue weighted by molar-refractivity contribution is -0.127. The third-order valence-electron chi connectivity index (χ3n) is 7.11. The Morgan fingerprint density at radius 2 is 1.38 bits per heavy atom. The van der Waals surface area contributed by atoms with Crippen LogP contribution < -0.4 is 4.90 Å². The van der Waals surface area contributed by atoms with E-state index in [1.165, 1.54) is 0 Å². The molecule has 2 saturated heterocycles. The van der Waals surface area contributed by atoms with Gasteiger partial charge in [0.1, 0.15) is 0 Å². The fraction of sp³-hybridized carbons (Fsp3) is 0.185. The van der Waals surface area contributed by atoms with Crippen LogP contribution in [0.4, 0.5) is 5.69 Å². The molecule has 0 radical (unpaired) electrons. The van der Waals surface area contributed by atoms with Crippen LogP contribution in [0.1, 0.15) is 37.9 Å². The molecule has 6 rings (SSSR count). The predicted molar refractivity (Wildman–Crippen MR) is 126 cm³/mol. The normalized spacial score (nSPS) is 24.8. The molecule has 2 heterocycles. The van der Waals surface area contributed by atoms with E-state index in [1.54, 1.807) is 48.5 Å². The van der Waals surface area contributed by atoms with Crippen molar-refractivity contribution in [3.63, 3.8) is 0 Å². The number of Topliss-reactive ketones (excluding diaryl/α,β-unsaturated/α-hetero) is 2. The summed E-state index contributed by atoms with van der Waals surface area (Å²) in [5.74, 6) is -4.48. The molecule has 2 fully saturated rings. The number of carbonyl (C=O) groups excluding carboxylic acids is 4. The molecule has 6 nitrogen and oxygen atoms in total. The monoisotopic (exact) mass is 515 g/mol. The molecule has 168 valence electrons. The number of nitrogens with zero attached hydrogens (tertiary/aromatic N) is 1. The van der Waals surface area contributed by atoms with Gasteiger partial charge in [-0.15, -0.1) is 0 Å². The second-order valence-electron chi connectivity index (χ2n) is 8.80. The fourth-order valence-electron chi connectivity index (χ4n) is 5.58. The van der Waals surface area contributed by atoms with E-state index in [-0.39, 0.29) is 11.1 Å². The Labute approximate surface area is 203 Å². The molecule has 2 amide bonds. The Morgan fingerprint density at radius 1 is 0.794 bits per heavy atom. The van der Waals surface area contributed by atoms with E-state index < -0.39 is 46.9 Å². The van der Waals surface area contributed by atoms with Crippen molar-refractivity contribution in [3.05, 3.63) is 99.5 Å². The number of ketones is 2. The first-order valence-corrected chi connectivity index (χ1v) is 11.7. The van der Waals surface area contributed by atoms with Crippen LogP contribution in [-0.4, -0.2) is 29.0 Å². The molecule has 2 aliphatic heterocycles.